The number of ether oxygens (including phenoxy) is 2. The molecule has 3 heteroatoms. The molecule has 15 heavy (non-hydrogen) atoms. The molecule has 88 valence electrons. The van der Waals surface area contributed by atoms with Crippen LogP contribution in [0.1, 0.15) is 47.0 Å². The van der Waals surface area contributed by atoms with E-state index in [1.807, 2.05) is 0 Å². The lowest BCUT2D eigenvalue weighted by Crippen LogP contribution is -2.46. The predicted octanol–water partition coefficient (Wildman–Crippen LogP) is 1.84. The minimum absolute atomic E-state index is 0.0555. The van der Waals surface area contributed by atoms with Crippen molar-refractivity contribution >= 4 is 0 Å². The summed E-state index contributed by atoms with van der Waals surface area (Å²) in [6.45, 7) is 8.49. The largest absolute Gasteiger partial charge is 0.372 e. The Bertz CT molecular complexity index is 244. The zero-order valence-electron chi connectivity index (χ0n) is 10.2. The van der Waals surface area contributed by atoms with E-state index in [9.17, 15) is 0 Å². The third-order valence-corrected chi connectivity index (χ3v) is 3.48. The van der Waals surface area contributed by atoms with Crippen molar-refractivity contribution in [3.05, 3.63) is 0 Å². The Kier molecular flexibility index (Phi) is 2.61. The fourth-order valence-electron chi connectivity index (χ4n) is 2.67. The van der Waals surface area contributed by atoms with Crippen LogP contribution in [-0.2, 0) is 9.47 Å². The molecule has 0 aromatic carbocycles. The molecule has 2 rings (SSSR count). The predicted molar refractivity (Wildman–Crippen MR) is 59.7 cm³/mol. The summed E-state index contributed by atoms with van der Waals surface area (Å²) in [5.41, 5.74) is 5.53. The maximum absolute atomic E-state index is 6.06. The molecule has 0 amide bonds. The molecule has 1 saturated carbocycles. The van der Waals surface area contributed by atoms with Gasteiger partial charge in [0.25, 0.3) is 0 Å². The number of rotatable bonds is 2. The molecule has 2 aliphatic rings. The maximum atomic E-state index is 6.06. The van der Waals surface area contributed by atoms with Gasteiger partial charge in [0.05, 0.1) is 23.4 Å². The Morgan fingerprint density at radius 2 is 1.80 bits per heavy atom. The van der Waals surface area contributed by atoms with Gasteiger partial charge >= 0.3 is 0 Å². The molecule has 1 atom stereocenters. The van der Waals surface area contributed by atoms with Crippen molar-refractivity contribution in [3.63, 3.8) is 0 Å². The minimum atomic E-state index is -0.164. The smallest absolute Gasteiger partial charge is 0.0895 e. The van der Waals surface area contributed by atoms with E-state index in [-0.39, 0.29) is 17.3 Å². The first-order valence-electron chi connectivity index (χ1n) is 5.90. The van der Waals surface area contributed by atoms with Crippen molar-refractivity contribution in [2.45, 2.75) is 76.4 Å². The van der Waals surface area contributed by atoms with Crippen LogP contribution in [0.4, 0.5) is 0 Å². The van der Waals surface area contributed by atoms with Crippen LogP contribution in [0, 0.1) is 0 Å². The fraction of sp³-hybridized carbons (Fsp3) is 1.00. The molecular formula is C12H23NO2. The SMILES string of the molecule is CC1(C)CC(OC2CC(N)C2)C(C)(C)O1. The quantitative estimate of drug-likeness (QED) is 0.761. The highest BCUT2D eigenvalue weighted by molar-refractivity contribution is 4.97. The molecule has 0 aromatic rings. The molecule has 2 N–H and O–H groups in total. The van der Waals surface area contributed by atoms with Gasteiger partial charge in [-0.2, -0.15) is 0 Å². The van der Waals surface area contributed by atoms with Gasteiger partial charge in [-0.05, 0) is 40.5 Å². The normalized spacial score (nSPS) is 42.6. The van der Waals surface area contributed by atoms with E-state index in [1.54, 1.807) is 0 Å². The average molecular weight is 213 g/mol. The van der Waals surface area contributed by atoms with Crippen molar-refractivity contribution in [2.24, 2.45) is 5.73 Å². The molecule has 2 fully saturated rings. The standard InChI is InChI=1S/C12H23NO2/c1-11(2)7-10(12(3,4)15-11)14-9-5-8(13)6-9/h8-10H,5-7,13H2,1-4H3. The minimum Gasteiger partial charge on any atom is -0.372 e. The van der Waals surface area contributed by atoms with Gasteiger partial charge in [0, 0.05) is 12.5 Å². The Balaban J connectivity index is 1.92. The van der Waals surface area contributed by atoms with Gasteiger partial charge in [-0.3, -0.25) is 0 Å². The van der Waals surface area contributed by atoms with Crippen LogP contribution in [0.25, 0.3) is 0 Å². The summed E-state index contributed by atoms with van der Waals surface area (Å²) in [7, 11) is 0. The third-order valence-electron chi connectivity index (χ3n) is 3.48. The first kappa shape index (κ1) is 11.4. The van der Waals surface area contributed by atoms with Crippen LogP contribution in [0.15, 0.2) is 0 Å². The summed E-state index contributed by atoms with van der Waals surface area (Å²) in [4.78, 5) is 0. The van der Waals surface area contributed by atoms with Crippen LogP contribution in [0.5, 0.6) is 0 Å². The Morgan fingerprint density at radius 3 is 2.20 bits per heavy atom. The first-order chi connectivity index (χ1) is 6.78. The van der Waals surface area contributed by atoms with Crippen LogP contribution in [0.2, 0.25) is 0 Å². The van der Waals surface area contributed by atoms with Crippen molar-refractivity contribution < 1.29 is 9.47 Å². The summed E-state index contributed by atoms with van der Waals surface area (Å²) in [6.07, 6.45) is 3.57. The molecule has 0 aromatic heterocycles. The highest BCUT2D eigenvalue weighted by atomic mass is 16.6. The lowest BCUT2D eigenvalue weighted by Gasteiger charge is -2.37. The molecule has 1 heterocycles. The van der Waals surface area contributed by atoms with Crippen LogP contribution >= 0.6 is 0 Å². The van der Waals surface area contributed by atoms with E-state index in [0.717, 1.165) is 19.3 Å². The second-order valence-corrected chi connectivity index (χ2v) is 6.15. The average Bonchev–Trinajstić information content (AvgIpc) is 2.16. The molecular weight excluding hydrogens is 190 g/mol. The molecule has 1 saturated heterocycles. The van der Waals surface area contributed by atoms with E-state index in [2.05, 4.69) is 27.7 Å². The Hall–Kier alpha value is -0.120. The summed E-state index contributed by atoms with van der Waals surface area (Å²) >= 11 is 0. The lowest BCUT2D eigenvalue weighted by molar-refractivity contribution is -0.133. The van der Waals surface area contributed by atoms with Crippen LogP contribution < -0.4 is 5.73 Å². The Labute approximate surface area is 92.3 Å². The van der Waals surface area contributed by atoms with Gasteiger partial charge in [0.2, 0.25) is 0 Å². The molecule has 0 radical (unpaired) electrons. The molecule has 1 aliphatic carbocycles. The van der Waals surface area contributed by atoms with Gasteiger partial charge < -0.3 is 15.2 Å². The van der Waals surface area contributed by atoms with Crippen molar-refractivity contribution in [2.75, 3.05) is 0 Å². The lowest BCUT2D eigenvalue weighted by atomic mass is 9.89. The van der Waals surface area contributed by atoms with Gasteiger partial charge in [-0.25, -0.2) is 0 Å². The maximum Gasteiger partial charge on any atom is 0.0895 e. The highest BCUT2D eigenvalue weighted by Crippen LogP contribution is 2.41. The van der Waals surface area contributed by atoms with Gasteiger partial charge in [-0.15, -0.1) is 0 Å². The number of nitrogens with two attached hydrogens (primary N) is 1. The summed E-state index contributed by atoms with van der Waals surface area (Å²) in [5.74, 6) is 0. The Morgan fingerprint density at radius 1 is 1.20 bits per heavy atom. The van der Waals surface area contributed by atoms with Crippen LogP contribution in [0.3, 0.4) is 0 Å². The zero-order valence-corrected chi connectivity index (χ0v) is 10.2. The third kappa shape index (κ3) is 2.35. The molecule has 0 bridgehead atoms. The van der Waals surface area contributed by atoms with Crippen molar-refractivity contribution in [1.82, 2.24) is 0 Å². The second kappa shape index (κ2) is 3.44. The van der Waals surface area contributed by atoms with Crippen LogP contribution in [-0.4, -0.2) is 29.5 Å². The monoisotopic (exact) mass is 213 g/mol. The van der Waals surface area contributed by atoms with Crippen molar-refractivity contribution in [1.29, 1.82) is 0 Å². The van der Waals surface area contributed by atoms with Gasteiger partial charge in [-0.1, -0.05) is 0 Å². The number of hydrogen-bond acceptors (Lipinski definition) is 3. The van der Waals surface area contributed by atoms with E-state index in [1.165, 1.54) is 0 Å². The topological polar surface area (TPSA) is 44.5 Å². The molecule has 0 spiro atoms. The number of hydrogen-bond donors (Lipinski definition) is 1. The summed E-state index contributed by atoms with van der Waals surface area (Å²) in [5, 5.41) is 0. The fourth-order valence-corrected chi connectivity index (χ4v) is 2.67. The first-order valence-corrected chi connectivity index (χ1v) is 5.90. The summed E-state index contributed by atoms with van der Waals surface area (Å²) in [6, 6.07) is 0.355. The molecule has 3 nitrogen and oxygen atoms in total. The van der Waals surface area contributed by atoms with E-state index >= 15 is 0 Å². The molecule has 1 aliphatic heterocycles. The van der Waals surface area contributed by atoms with E-state index in [0.29, 0.717) is 12.1 Å². The second-order valence-electron chi connectivity index (χ2n) is 6.15. The zero-order chi connectivity index (χ0) is 11.3. The van der Waals surface area contributed by atoms with Crippen molar-refractivity contribution in [3.8, 4) is 0 Å². The molecule has 1 unspecified atom stereocenters. The van der Waals surface area contributed by atoms with E-state index in [4.69, 9.17) is 15.2 Å². The van der Waals surface area contributed by atoms with Gasteiger partial charge in [0.1, 0.15) is 0 Å². The highest BCUT2D eigenvalue weighted by Gasteiger charge is 2.48. The van der Waals surface area contributed by atoms with Gasteiger partial charge in [0.15, 0.2) is 0 Å². The summed E-state index contributed by atoms with van der Waals surface area (Å²) < 4.78 is 12.1. The van der Waals surface area contributed by atoms with E-state index < -0.39 is 0 Å².